The monoisotopic (exact) mass is 482 g/mol. The average Bonchev–Trinajstić information content (AvgIpc) is 2.58. The Bertz CT molecular complexity index is 560. The van der Waals surface area contributed by atoms with Gasteiger partial charge in [-0.15, -0.1) is 24.0 Å². The number of ether oxygens (including phenoxy) is 1. The Morgan fingerprint density at radius 2 is 2.12 bits per heavy atom. The maximum atomic E-state index is 12.5. The van der Waals surface area contributed by atoms with Gasteiger partial charge in [0.1, 0.15) is 5.75 Å². The van der Waals surface area contributed by atoms with Crippen LogP contribution in [0.1, 0.15) is 25.3 Å². The third-order valence-corrected chi connectivity index (χ3v) is 4.22. The molecule has 2 N–H and O–H groups in total. The summed E-state index contributed by atoms with van der Waals surface area (Å²) in [7, 11) is 2.14. The molecule has 1 fully saturated rings. The predicted molar refractivity (Wildman–Crippen MR) is 112 cm³/mol. The van der Waals surface area contributed by atoms with E-state index in [0.29, 0.717) is 17.4 Å². The van der Waals surface area contributed by atoms with E-state index in [1.807, 2.05) is 6.92 Å². The van der Waals surface area contributed by atoms with Gasteiger partial charge in [-0.3, -0.25) is 0 Å². The van der Waals surface area contributed by atoms with Gasteiger partial charge in [0.05, 0.1) is 6.54 Å². The van der Waals surface area contributed by atoms with E-state index in [9.17, 15) is 8.78 Å². The zero-order chi connectivity index (χ0) is 18.1. The molecule has 148 valence electrons. The van der Waals surface area contributed by atoms with E-state index in [0.717, 1.165) is 26.2 Å². The second-order valence-corrected chi connectivity index (χ2v) is 6.33. The molecule has 1 saturated heterocycles. The summed E-state index contributed by atoms with van der Waals surface area (Å²) in [5.41, 5.74) is 0.636. The summed E-state index contributed by atoms with van der Waals surface area (Å²) in [6.45, 7) is 3.28. The molecule has 1 atom stereocenters. The molecule has 1 unspecified atom stereocenters. The summed E-state index contributed by atoms with van der Waals surface area (Å²) in [6, 6.07) is 6.76. The number of hydrogen-bond acceptors (Lipinski definition) is 3. The SMILES string of the molecule is CCNC(=NCc1ccccc1OC(F)F)NCC1CCCN(C)C1.I. The molecule has 0 radical (unpaired) electrons. The van der Waals surface area contributed by atoms with Crippen LogP contribution in [0.3, 0.4) is 0 Å². The smallest absolute Gasteiger partial charge is 0.387 e. The lowest BCUT2D eigenvalue weighted by Crippen LogP contribution is -2.43. The van der Waals surface area contributed by atoms with E-state index in [1.165, 1.54) is 18.9 Å². The Morgan fingerprint density at radius 3 is 2.81 bits per heavy atom. The Balaban J connectivity index is 0.00000338. The highest BCUT2D eigenvalue weighted by Crippen LogP contribution is 2.21. The molecule has 2 rings (SSSR count). The number of nitrogens with one attached hydrogen (secondary N) is 2. The first kappa shape index (κ1) is 22.9. The quantitative estimate of drug-likeness (QED) is 0.356. The Kier molecular flexibility index (Phi) is 10.8. The molecular formula is C18H29F2IN4O. The normalized spacial score (nSPS) is 18.3. The summed E-state index contributed by atoms with van der Waals surface area (Å²) in [4.78, 5) is 6.86. The molecule has 8 heteroatoms. The molecule has 0 aromatic heterocycles. The molecule has 26 heavy (non-hydrogen) atoms. The number of guanidine groups is 1. The fourth-order valence-electron chi connectivity index (χ4n) is 3.03. The highest BCUT2D eigenvalue weighted by atomic mass is 127. The molecule has 1 aromatic rings. The number of aliphatic imine (C=N–C) groups is 1. The first-order valence-electron chi connectivity index (χ1n) is 8.82. The Morgan fingerprint density at radius 1 is 1.35 bits per heavy atom. The third-order valence-electron chi connectivity index (χ3n) is 4.22. The maximum Gasteiger partial charge on any atom is 0.387 e. The van der Waals surface area contributed by atoms with E-state index in [4.69, 9.17) is 0 Å². The largest absolute Gasteiger partial charge is 0.434 e. The molecule has 0 saturated carbocycles. The fraction of sp³-hybridized carbons (Fsp3) is 0.611. The topological polar surface area (TPSA) is 48.9 Å². The maximum absolute atomic E-state index is 12.5. The molecule has 0 amide bonds. The van der Waals surface area contributed by atoms with Crippen molar-refractivity contribution in [3.05, 3.63) is 29.8 Å². The predicted octanol–water partition coefficient (Wildman–Crippen LogP) is 3.30. The number of halogens is 3. The summed E-state index contributed by atoms with van der Waals surface area (Å²) < 4.78 is 29.5. The molecule has 0 spiro atoms. The van der Waals surface area contributed by atoms with Crippen LogP contribution in [0.5, 0.6) is 5.75 Å². The number of likely N-dealkylation sites (tertiary alicyclic amines) is 1. The van der Waals surface area contributed by atoms with Gasteiger partial charge < -0.3 is 20.3 Å². The second kappa shape index (κ2) is 12.3. The third kappa shape index (κ3) is 8.03. The minimum Gasteiger partial charge on any atom is -0.434 e. The van der Waals surface area contributed by atoms with Crippen LogP contribution in [0.25, 0.3) is 0 Å². The van der Waals surface area contributed by atoms with E-state index >= 15 is 0 Å². The van der Waals surface area contributed by atoms with Gasteiger partial charge in [0.15, 0.2) is 5.96 Å². The summed E-state index contributed by atoms with van der Waals surface area (Å²) in [6.07, 6.45) is 2.43. The van der Waals surface area contributed by atoms with Crippen molar-refractivity contribution in [3.63, 3.8) is 0 Å². The number of hydrogen-bond donors (Lipinski definition) is 2. The van der Waals surface area contributed by atoms with Crippen molar-refractivity contribution in [2.75, 3.05) is 33.2 Å². The number of para-hydroxylation sites is 1. The van der Waals surface area contributed by atoms with Crippen molar-refractivity contribution < 1.29 is 13.5 Å². The van der Waals surface area contributed by atoms with Gasteiger partial charge in [-0.1, -0.05) is 18.2 Å². The zero-order valence-corrected chi connectivity index (χ0v) is 17.7. The van der Waals surface area contributed by atoms with Crippen LogP contribution < -0.4 is 15.4 Å². The van der Waals surface area contributed by atoms with Crippen molar-refractivity contribution in [2.24, 2.45) is 10.9 Å². The highest BCUT2D eigenvalue weighted by molar-refractivity contribution is 14.0. The van der Waals surface area contributed by atoms with E-state index < -0.39 is 6.61 Å². The van der Waals surface area contributed by atoms with Gasteiger partial charge in [-0.25, -0.2) is 4.99 Å². The van der Waals surface area contributed by atoms with Crippen LogP contribution in [-0.4, -0.2) is 50.7 Å². The van der Waals surface area contributed by atoms with Crippen LogP contribution in [0.2, 0.25) is 0 Å². The van der Waals surface area contributed by atoms with Gasteiger partial charge >= 0.3 is 6.61 Å². The first-order valence-corrected chi connectivity index (χ1v) is 8.82. The molecule has 1 heterocycles. The lowest BCUT2D eigenvalue weighted by Gasteiger charge is -2.30. The molecular weight excluding hydrogens is 453 g/mol. The van der Waals surface area contributed by atoms with E-state index in [-0.39, 0.29) is 36.3 Å². The molecule has 1 aromatic carbocycles. The van der Waals surface area contributed by atoms with E-state index in [1.54, 1.807) is 18.2 Å². The molecule has 0 bridgehead atoms. The summed E-state index contributed by atoms with van der Waals surface area (Å²) in [5, 5.41) is 6.56. The van der Waals surface area contributed by atoms with Crippen LogP contribution in [0, 0.1) is 5.92 Å². The number of nitrogens with zero attached hydrogens (tertiary/aromatic N) is 2. The molecule has 0 aliphatic carbocycles. The Labute approximate surface area is 171 Å². The van der Waals surface area contributed by atoms with Crippen molar-refractivity contribution >= 4 is 29.9 Å². The van der Waals surface area contributed by atoms with Gasteiger partial charge in [0.2, 0.25) is 0 Å². The van der Waals surface area contributed by atoms with Crippen molar-refractivity contribution in [2.45, 2.75) is 32.9 Å². The van der Waals surface area contributed by atoms with Crippen LogP contribution in [0.15, 0.2) is 29.3 Å². The Hall–Kier alpha value is -1.16. The summed E-state index contributed by atoms with van der Waals surface area (Å²) in [5.74, 6) is 1.46. The number of piperidine rings is 1. The van der Waals surface area contributed by atoms with Crippen LogP contribution >= 0.6 is 24.0 Å². The summed E-state index contributed by atoms with van der Waals surface area (Å²) >= 11 is 0. The first-order chi connectivity index (χ1) is 12.1. The minimum absolute atomic E-state index is 0. The number of alkyl halides is 2. The number of benzene rings is 1. The van der Waals surface area contributed by atoms with E-state index in [2.05, 4.69) is 32.3 Å². The lowest BCUT2D eigenvalue weighted by atomic mass is 9.99. The van der Waals surface area contributed by atoms with Gasteiger partial charge in [0.25, 0.3) is 0 Å². The standard InChI is InChI=1S/C18H28F2N4O.HI/c1-3-21-18(22-11-14-7-6-10-24(2)13-14)23-12-15-8-4-5-9-16(15)25-17(19)20;/h4-5,8-9,14,17H,3,6-7,10-13H2,1-2H3,(H2,21,22,23);1H. The molecule has 1 aliphatic heterocycles. The lowest BCUT2D eigenvalue weighted by molar-refractivity contribution is -0.0504. The minimum atomic E-state index is -2.83. The van der Waals surface area contributed by atoms with Crippen molar-refractivity contribution in [1.82, 2.24) is 15.5 Å². The molecule has 1 aliphatic rings. The highest BCUT2D eigenvalue weighted by Gasteiger charge is 2.17. The zero-order valence-electron chi connectivity index (χ0n) is 15.4. The molecule has 5 nitrogen and oxygen atoms in total. The van der Waals surface area contributed by atoms with Gasteiger partial charge in [-0.05, 0) is 45.3 Å². The van der Waals surface area contributed by atoms with Crippen molar-refractivity contribution in [3.8, 4) is 5.75 Å². The van der Waals surface area contributed by atoms with Gasteiger partial charge in [-0.2, -0.15) is 8.78 Å². The van der Waals surface area contributed by atoms with Gasteiger partial charge in [0, 0.05) is 25.2 Å². The second-order valence-electron chi connectivity index (χ2n) is 6.33. The van der Waals surface area contributed by atoms with Crippen molar-refractivity contribution in [1.29, 1.82) is 0 Å². The average molecular weight is 482 g/mol. The number of rotatable bonds is 7. The fourth-order valence-corrected chi connectivity index (χ4v) is 3.03. The van der Waals surface area contributed by atoms with Crippen LogP contribution in [-0.2, 0) is 6.54 Å². The van der Waals surface area contributed by atoms with Crippen LogP contribution in [0.4, 0.5) is 8.78 Å².